The number of rotatable bonds is 7. The number of aryl methyl sites for hydroxylation is 2. The standard InChI is InChI=1S/C21H25N7O2/c1-13-23-18-5-4-17(25-20(18)27(13)2)16-6-7-28-19(16)12-22-21(26-28)24-14-10-15(11-14)30-9-8-29-3/h4-7,12,14-15H,8-11H2,1-3H3,(H,24,26)/t14-,15+. The number of nitrogens with one attached hydrogen (secondary N) is 1. The summed E-state index contributed by atoms with van der Waals surface area (Å²) in [7, 11) is 3.66. The molecular formula is C21H25N7O2. The number of methoxy groups -OCH3 is 1. The zero-order chi connectivity index (χ0) is 20.7. The summed E-state index contributed by atoms with van der Waals surface area (Å²) in [5, 5.41) is 8.01. The molecule has 30 heavy (non-hydrogen) atoms. The maximum absolute atomic E-state index is 5.73. The number of imidazole rings is 1. The number of anilines is 1. The lowest BCUT2D eigenvalue weighted by molar-refractivity contribution is -0.0261. The molecule has 4 aromatic heterocycles. The van der Waals surface area contributed by atoms with Crippen LogP contribution in [0.3, 0.4) is 0 Å². The van der Waals surface area contributed by atoms with Gasteiger partial charge in [-0.1, -0.05) is 0 Å². The van der Waals surface area contributed by atoms with E-state index in [4.69, 9.17) is 14.5 Å². The van der Waals surface area contributed by atoms with Crippen molar-refractivity contribution in [2.75, 3.05) is 25.6 Å². The van der Waals surface area contributed by atoms with Crippen molar-refractivity contribution in [3.8, 4) is 11.3 Å². The quantitative estimate of drug-likeness (QED) is 0.471. The van der Waals surface area contributed by atoms with Crippen molar-refractivity contribution in [1.29, 1.82) is 0 Å². The van der Waals surface area contributed by atoms with Gasteiger partial charge >= 0.3 is 0 Å². The molecule has 9 nitrogen and oxygen atoms in total. The van der Waals surface area contributed by atoms with Gasteiger partial charge in [-0.05, 0) is 38.0 Å². The van der Waals surface area contributed by atoms with Gasteiger partial charge in [-0.15, -0.1) is 5.10 Å². The van der Waals surface area contributed by atoms with Crippen molar-refractivity contribution in [1.82, 2.24) is 29.1 Å². The summed E-state index contributed by atoms with van der Waals surface area (Å²) in [4.78, 5) is 13.9. The third-order valence-electron chi connectivity index (χ3n) is 5.70. The van der Waals surface area contributed by atoms with Crippen molar-refractivity contribution >= 4 is 22.6 Å². The number of hydrogen-bond acceptors (Lipinski definition) is 7. The largest absolute Gasteiger partial charge is 0.382 e. The van der Waals surface area contributed by atoms with Crippen LogP contribution in [0.15, 0.2) is 30.6 Å². The first-order valence-corrected chi connectivity index (χ1v) is 10.1. The summed E-state index contributed by atoms with van der Waals surface area (Å²) < 4.78 is 14.6. The molecule has 0 radical (unpaired) electrons. The average Bonchev–Trinajstić information content (AvgIpc) is 3.26. The fourth-order valence-electron chi connectivity index (χ4n) is 3.81. The van der Waals surface area contributed by atoms with E-state index in [1.165, 1.54) is 0 Å². The number of hydrogen-bond donors (Lipinski definition) is 1. The molecule has 0 aliphatic heterocycles. The second-order valence-electron chi connectivity index (χ2n) is 7.70. The van der Waals surface area contributed by atoms with Crippen LogP contribution < -0.4 is 5.32 Å². The van der Waals surface area contributed by atoms with E-state index < -0.39 is 0 Å². The Labute approximate surface area is 174 Å². The highest BCUT2D eigenvalue weighted by Gasteiger charge is 2.30. The van der Waals surface area contributed by atoms with Crippen LogP contribution in [0.2, 0.25) is 0 Å². The van der Waals surface area contributed by atoms with E-state index in [9.17, 15) is 0 Å². The molecule has 1 fully saturated rings. The second kappa shape index (κ2) is 7.66. The molecule has 0 saturated heterocycles. The zero-order valence-corrected chi connectivity index (χ0v) is 17.4. The lowest BCUT2D eigenvalue weighted by Gasteiger charge is -2.35. The van der Waals surface area contributed by atoms with Gasteiger partial charge in [0.05, 0.1) is 36.7 Å². The van der Waals surface area contributed by atoms with Gasteiger partial charge in [-0.25, -0.2) is 19.5 Å². The molecule has 156 valence electrons. The van der Waals surface area contributed by atoms with Gasteiger partial charge in [-0.3, -0.25) is 0 Å². The Bertz CT molecular complexity index is 1190. The van der Waals surface area contributed by atoms with Gasteiger partial charge < -0.3 is 19.4 Å². The van der Waals surface area contributed by atoms with Gasteiger partial charge in [0.25, 0.3) is 0 Å². The molecule has 0 unspecified atom stereocenters. The maximum Gasteiger partial charge on any atom is 0.241 e. The summed E-state index contributed by atoms with van der Waals surface area (Å²) in [6.07, 6.45) is 5.98. The first-order valence-electron chi connectivity index (χ1n) is 10.1. The Kier molecular flexibility index (Phi) is 4.84. The Morgan fingerprint density at radius 2 is 2.03 bits per heavy atom. The maximum atomic E-state index is 5.73. The number of nitrogens with zero attached hydrogens (tertiary/aromatic N) is 6. The number of pyridine rings is 1. The van der Waals surface area contributed by atoms with Gasteiger partial charge in [0, 0.05) is 32.0 Å². The minimum Gasteiger partial charge on any atom is -0.382 e. The van der Waals surface area contributed by atoms with Crippen molar-refractivity contribution in [2.24, 2.45) is 7.05 Å². The fourth-order valence-corrected chi connectivity index (χ4v) is 3.81. The summed E-state index contributed by atoms with van der Waals surface area (Å²) in [6, 6.07) is 6.36. The molecule has 5 rings (SSSR count). The summed E-state index contributed by atoms with van der Waals surface area (Å²) in [5.74, 6) is 1.56. The molecule has 4 aromatic rings. The molecule has 1 saturated carbocycles. The highest BCUT2D eigenvalue weighted by molar-refractivity contribution is 5.82. The second-order valence-corrected chi connectivity index (χ2v) is 7.70. The molecular weight excluding hydrogens is 382 g/mol. The minimum atomic E-state index is 0.288. The van der Waals surface area contributed by atoms with Crippen LogP contribution in [0.4, 0.5) is 5.95 Å². The molecule has 0 spiro atoms. The molecule has 0 amide bonds. The first-order chi connectivity index (χ1) is 14.6. The van der Waals surface area contributed by atoms with E-state index in [0.717, 1.165) is 46.6 Å². The van der Waals surface area contributed by atoms with E-state index in [1.54, 1.807) is 7.11 Å². The lowest BCUT2D eigenvalue weighted by Crippen LogP contribution is -2.41. The van der Waals surface area contributed by atoms with Crippen LogP contribution in [0.5, 0.6) is 0 Å². The normalized spacial score (nSPS) is 18.8. The molecule has 1 aliphatic rings. The third-order valence-corrected chi connectivity index (χ3v) is 5.70. The SMILES string of the molecule is COCCO[C@H]1C[C@@H](Nc2ncc3c(-c4ccc5nc(C)n(C)c5n4)ccn3n2)C1. The van der Waals surface area contributed by atoms with Crippen LogP contribution >= 0.6 is 0 Å². The van der Waals surface area contributed by atoms with Gasteiger partial charge in [0.1, 0.15) is 11.3 Å². The van der Waals surface area contributed by atoms with E-state index >= 15 is 0 Å². The molecule has 0 bridgehead atoms. The highest BCUT2D eigenvalue weighted by Crippen LogP contribution is 2.28. The highest BCUT2D eigenvalue weighted by atomic mass is 16.5. The van der Waals surface area contributed by atoms with E-state index in [-0.39, 0.29) is 6.10 Å². The molecule has 1 N–H and O–H groups in total. The smallest absolute Gasteiger partial charge is 0.241 e. The number of ether oxygens (including phenoxy) is 2. The van der Waals surface area contributed by atoms with Crippen LogP contribution in [0.1, 0.15) is 18.7 Å². The summed E-state index contributed by atoms with van der Waals surface area (Å²) in [5.41, 5.74) is 4.57. The van der Waals surface area contributed by atoms with E-state index in [2.05, 4.69) is 20.4 Å². The first kappa shape index (κ1) is 19.0. The van der Waals surface area contributed by atoms with Gasteiger partial charge in [0.2, 0.25) is 5.95 Å². The fraction of sp³-hybridized carbons (Fsp3) is 0.429. The van der Waals surface area contributed by atoms with E-state index in [1.807, 2.05) is 53.6 Å². The topological polar surface area (TPSA) is 91.4 Å². The van der Waals surface area contributed by atoms with E-state index in [0.29, 0.717) is 25.2 Å². The summed E-state index contributed by atoms with van der Waals surface area (Å²) in [6.45, 7) is 3.25. The molecule has 4 heterocycles. The summed E-state index contributed by atoms with van der Waals surface area (Å²) >= 11 is 0. The zero-order valence-electron chi connectivity index (χ0n) is 17.4. The predicted molar refractivity (Wildman–Crippen MR) is 113 cm³/mol. The third kappa shape index (κ3) is 3.40. The molecule has 9 heteroatoms. The number of aromatic nitrogens is 6. The number of fused-ring (bicyclic) bond motifs is 2. The Morgan fingerprint density at radius 3 is 2.87 bits per heavy atom. The van der Waals surface area contributed by atoms with Crippen LogP contribution in [-0.2, 0) is 16.5 Å². The average molecular weight is 407 g/mol. The Morgan fingerprint density at radius 1 is 1.17 bits per heavy atom. The van der Waals surface area contributed by atoms with Gasteiger partial charge in [-0.2, -0.15) is 0 Å². The molecule has 0 atom stereocenters. The molecule has 1 aliphatic carbocycles. The Balaban J connectivity index is 1.32. The lowest BCUT2D eigenvalue weighted by atomic mass is 9.89. The van der Waals surface area contributed by atoms with Crippen molar-refractivity contribution in [2.45, 2.75) is 31.9 Å². The van der Waals surface area contributed by atoms with Crippen LogP contribution in [0.25, 0.3) is 27.9 Å². The van der Waals surface area contributed by atoms with Crippen molar-refractivity contribution in [3.63, 3.8) is 0 Å². The minimum absolute atomic E-state index is 0.288. The van der Waals surface area contributed by atoms with Crippen LogP contribution in [-0.4, -0.2) is 61.6 Å². The van der Waals surface area contributed by atoms with Gasteiger partial charge in [0.15, 0.2) is 5.65 Å². The predicted octanol–water partition coefficient (Wildman–Crippen LogP) is 2.59. The molecule has 0 aromatic carbocycles. The monoisotopic (exact) mass is 407 g/mol. The van der Waals surface area contributed by atoms with Crippen LogP contribution in [0, 0.1) is 6.92 Å². The van der Waals surface area contributed by atoms with Crippen molar-refractivity contribution in [3.05, 3.63) is 36.4 Å². The Hall–Kier alpha value is -3.04. The van der Waals surface area contributed by atoms with Crippen molar-refractivity contribution < 1.29 is 9.47 Å².